The van der Waals surface area contributed by atoms with Crippen molar-refractivity contribution in [1.82, 2.24) is 4.98 Å². The summed E-state index contributed by atoms with van der Waals surface area (Å²) in [5, 5.41) is 1.03. The lowest BCUT2D eigenvalue weighted by Gasteiger charge is -2.11. The van der Waals surface area contributed by atoms with E-state index in [9.17, 15) is 4.79 Å². The van der Waals surface area contributed by atoms with Crippen molar-refractivity contribution >= 4 is 16.7 Å². The second-order valence-electron chi connectivity index (χ2n) is 4.79. The molecule has 0 atom stereocenters. The van der Waals surface area contributed by atoms with E-state index in [1.807, 2.05) is 12.1 Å². The summed E-state index contributed by atoms with van der Waals surface area (Å²) in [6.07, 6.45) is 3.14. The van der Waals surface area contributed by atoms with Gasteiger partial charge in [-0.25, -0.2) is 0 Å². The molecule has 3 rings (SSSR count). The van der Waals surface area contributed by atoms with E-state index in [1.165, 1.54) is 5.56 Å². The minimum absolute atomic E-state index is 0.168. The van der Waals surface area contributed by atoms with Crippen LogP contribution in [0.15, 0.2) is 18.2 Å². The Labute approximate surface area is 101 Å². The fourth-order valence-corrected chi connectivity index (χ4v) is 2.83. The van der Waals surface area contributed by atoms with Gasteiger partial charge in [-0.1, -0.05) is 18.2 Å². The molecule has 0 bridgehead atoms. The molecule has 0 unspecified atom stereocenters. The second kappa shape index (κ2) is 3.66. The highest BCUT2D eigenvalue weighted by atomic mass is 16.1. The molecule has 17 heavy (non-hydrogen) atoms. The molecule has 2 aromatic rings. The summed E-state index contributed by atoms with van der Waals surface area (Å²) >= 11 is 0. The monoisotopic (exact) mass is 225 g/mol. The van der Waals surface area contributed by atoms with Gasteiger partial charge in [0, 0.05) is 16.6 Å². The maximum absolute atomic E-state index is 11.9. The zero-order valence-corrected chi connectivity index (χ0v) is 10.2. The third kappa shape index (κ3) is 1.47. The van der Waals surface area contributed by atoms with Crippen LogP contribution >= 0.6 is 0 Å². The Kier molecular flexibility index (Phi) is 2.25. The van der Waals surface area contributed by atoms with E-state index in [0.717, 1.165) is 47.0 Å². The van der Waals surface area contributed by atoms with Gasteiger partial charge in [0.05, 0.1) is 5.52 Å². The molecule has 1 aromatic carbocycles. The molecule has 0 fully saturated rings. The Bertz CT molecular complexity index is 628. The van der Waals surface area contributed by atoms with E-state index in [2.05, 4.69) is 13.0 Å². The number of hydrogen-bond donors (Lipinski definition) is 0. The van der Waals surface area contributed by atoms with E-state index in [1.54, 1.807) is 6.92 Å². The van der Waals surface area contributed by atoms with E-state index in [0.29, 0.717) is 0 Å². The predicted molar refractivity (Wildman–Crippen MR) is 68.5 cm³/mol. The lowest BCUT2D eigenvalue weighted by Crippen LogP contribution is -2.04. The van der Waals surface area contributed by atoms with E-state index in [4.69, 9.17) is 4.98 Å². The number of carbonyl (C=O) groups is 1. The Morgan fingerprint density at radius 2 is 2.12 bits per heavy atom. The van der Waals surface area contributed by atoms with E-state index < -0.39 is 0 Å². The van der Waals surface area contributed by atoms with Gasteiger partial charge in [-0.15, -0.1) is 0 Å². The maximum Gasteiger partial charge on any atom is 0.160 e. The molecule has 1 aliphatic carbocycles. The molecule has 0 amide bonds. The van der Waals surface area contributed by atoms with Crippen molar-refractivity contribution in [3.05, 3.63) is 40.6 Å². The van der Waals surface area contributed by atoms with E-state index in [-0.39, 0.29) is 5.78 Å². The Hall–Kier alpha value is -1.70. The number of fused-ring (bicyclic) bond motifs is 2. The number of aryl methyl sites for hydroxylation is 2. The summed E-state index contributed by atoms with van der Waals surface area (Å²) in [5.74, 6) is 0.168. The number of pyridine rings is 1. The smallest absolute Gasteiger partial charge is 0.160 e. The highest BCUT2D eigenvalue weighted by Crippen LogP contribution is 2.31. The first kappa shape index (κ1) is 10.5. The van der Waals surface area contributed by atoms with Gasteiger partial charge in [0.25, 0.3) is 0 Å². The number of aromatic nitrogens is 1. The Morgan fingerprint density at radius 3 is 2.88 bits per heavy atom. The molecule has 0 spiro atoms. The third-order valence-corrected chi connectivity index (χ3v) is 3.60. The fourth-order valence-electron chi connectivity index (χ4n) is 2.83. The van der Waals surface area contributed by atoms with E-state index >= 15 is 0 Å². The first-order chi connectivity index (χ1) is 8.18. The van der Waals surface area contributed by atoms with Gasteiger partial charge in [0.15, 0.2) is 5.78 Å². The summed E-state index contributed by atoms with van der Waals surface area (Å²) in [5.41, 5.74) is 5.39. The molecule has 1 heterocycles. The molecule has 2 heteroatoms. The summed E-state index contributed by atoms with van der Waals surface area (Å²) in [7, 11) is 0. The number of hydrogen-bond acceptors (Lipinski definition) is 2. The summed E-state index contributed by atoms with van der Waals surface area (Å²) in [6.45, 7) is 3.72. The Balaban J connectivity index is 2.49. The molecular weight excluding hydrogens is 210 g/mol. The minimum Gasteiger partial charge on any atom is -0.294 e. The number of carbonyl (C=O) groups excluding carboxylic acids is 1. The van der Waals surface area contributed by atoms with Crippen LogP contribution < -0.4 is 0 Å². The maximum atomic E-state index is 11.9. The molecule has 0 saturated carbocycles. The number of rotatable bonds is 1. The van der Waals surface area contributed by atoms with Crippen molar-refractivity contribution in [3.8, 4) is 0 Å². The van der Waals surface area contributed by atoms with Crippen molar-refractivity contribution in [2.24, 2.45) is 0 Å². The summed E-state index contributed by atoms with van der Waals surface area (Å²) in [4.78, 5) is 16.6. The van der Waals surface area contributed by atoms with Crippen molar-refractivity contribution in [2.45, 2.75) is 33.1 Å². The van der Waals surface area contributed by atoms with Gasteiger partial charge in [0.2, 0.25) is 0 Å². The number of nitrogens with zero attached hydrogens (tertiary/aromatic N) is 1. The molecule has 2 nitrogen and oxygen atoms in total. The van der Waals surface area contributed by atoms with Crippen LogP contribution in [0.2, 0.25) is 0 Å². The Morgan fingerprint density at radius 1 is 1.29 bits per heavy atom. The van der Waals surface area contributed by atoms with Crippen molar-refractivity contribution in [2.75, 3.05) is 0 Å². The number of para-hydroxylation sites is 1. The average molecular weight is 225 g/mol. The van der Waals surface area contributed by atoms with Crippen LogP contribution in [-0.2, 0) is 12.8 Å². The van der Waals surface area contributed by atoms with Gasteiger partial charge in [-0.2, -0.15) is 0 Å². The largest absolute Gasteiger partial charge is 0.294 e. The molecule has 86 valence electrons. The van der Waals surface area contributed by atoms with Gasteiger partial charge >= 0.3 is 0 Å². The quantitative estimate of drug-likeness (QED) is 0.697. The van der Waals surface area contributed by atoms with Crippen LogP contribution in [0.3, 0.4) is 0 Å². The van der Waals surface area contributed by atoms with Gasteiger partial charge < -0.3 is 0 Å². The highest BCUT2D eigenvalue weighted by Gasteiger charge is 2.21. The topological polar surface area (TPSA) is 30.0 Å². The van der Waals surface area contributed by atoms with Crippen LogP contribution in [0.5, 0.6) is 0 Å². The SMILES string of the molecule is CC(=O)c1c2c(nc3c(C)cccc13)CCC2. The molecule has 0 aliphatic heterocycles. The second-order valence-corrected chi connectivity index (χ2v) is 4.79. The minimum atomic E-state index is 0.168. The summed E-state index contributed by atoms with van der Waals surface area (Å²) < 4.78 is 0. The van der Waals surface area contributed by atoms with Crippen LogP contribution in [-0.4, -0.2) is 10.8 Å². The van der Waals surface area contributed by atoms with Gasteiger partial charge in [0.1, 0.15) is 0 Å². The number of Topliss-reactive ketones (excluding diaryl/α,β-unsaturated/α-hetero) is 1. The van der Waals surface area contributed by atoms with Crippen molar-refractivity contribution in [1.29, 1.82) is 0 Å². The van der Waals surface area contributed by atoms with Crippen LogP contribution in [0.4, 0.5) is 0 Å². The molecule has 0 N–H and O–H groups in total. The van der Waals surface area contributed by atoms with Crippen LogP contribution in [0, 0.1) is 6.92 Å². The summed E-state index contributed by atoms with van der Waals surface area (Å²) in [6, 6.07) is 6.08. The lowest BCUT2D eigenvalue weighted by molar-refractivity contribution is 0.101. The fraction of sp³-hybridized carbons (Fsp3) is 0.333. The van der Waals surface area contributed by atoms with Gasteiger partial charge in [-0.3, -0.25) is 9.78 Å². The predicted octanol–water partition coefficient (Wildman–Crippen LogP) is 3.23. The molecular formula is C15H15NO. The molecule has 0 saturated heterocycles. The number of benzene rings is 1. The van der Waals surface area contributed by atoms with Gasteiger partial charge in [-0.05, 0) is 44.2 Å². The zero-order chi connectivity index (χ0) is 12.0. The normalized spacial score (nSPS) is 14.0. The standard InChI is InChI=1S/C15H15NO/c1-9-5-3-7-12-14(10(2)17)11-6-4-8-13(11)16-15(9)12/h3,5,7H,4,6,8H2,1-2H3. The molecule has 1 aliphatic rings. The first-order valence-corrected chi connectivity index (χ1v) is 6.10. The molecule has 1 aromatic heterocycles. The van der Waals surface area contributed by atoms with Crippen LogP contribution in [0.1, 0.15) is 40.5 Å². The first-order valence-electron chi connectivity index (χ1n) is 6.10. The highest BCUT2D eigenvalue weighted by molar-refractivity contribution is 6.08. The average Bonchev–Trinajstić information content (AvgIpc) is 2.74. The van der Waals surface area contributed by atoms with Crippen LogP contribution in [0.25, 0.3) is 10.9 Å². The molecule has 0 radical (unpaired) electrons. The van der Waals surface area contributed by atoms with Crippen molar-refractivity contribution < 1.29 is 4.79 Å². The third-order valence-electron chi connectivity index (χ3n) is 3.60. The number of ketones is 1. The lowest BCUT2D eigenvalue weighted by atomic mass is 9.97. The van der Waals surface area contributed by atoms with Crippen molar-refractivity contribution in [3.63, 3.8) is 0 Å². The zero-order valence-electron chi connectivity index (χ0n) is 10.2.